The summed E-state index contributed by atoms with van der Waals surface area (Å²) in [6.07, 6.45) is 4.22. The second-order valence-corrected chi connectivity index (χ2v) is 6.08. The Morgan fingerprint density at radius 2 is 1.95 bits per heavy atom. The molecule has 0 aliphatic heterocycles. The molecule has 0 unspecified atom stereocenters. The molecule has 1 aromatic rings. The minimum Gasteiger partial charge on any atom is -0.341 e. The van der Waals surface area contributed by atoms with Crippen molar-refractivity contribution in [2.45, 2.75) is 38.0 Å². The first-order valence-electron chi connectivity index (χ1n) is 7.15. The molecule has 1 fully saturated rings. The zero-order valence-corrected chi connectivity index (χ0v) is 13.2. The van der Waals surface area contributed by atoms with Crippen LogP contribution in [0.4, 0.5) is 0 Å². The van der Waals surface area contributed by atoms with Crippen molar-refractivity contribution in [1.82, 2.24) is 4.90 Å². The third-order valence-corrected chi connectivity index (χ3v) is 4.26. The number of hydrogen-bond donors (Lipinski definition) is 0. The predicted molar refractivity (Wildman–Crippen MR) is 82.6 cm³/mol. The molecule has 0 N–H and O–H groups in total. The normalized spacial score (nSPS) is 16.1. The van der Waals surface area contributed by atoms with Gasteiger partial charge in [-0.15, -0.1) is 0 Å². The molecule has 1 aliphatic rings. The molecule has 2 nitrogen and oxygen atoms in total. The number of nitrogens with zero attached hydrogens (tertiary/aromatic N) is 1. The van der Waals surface area contributed by atoms with Crippen molar-refractivity contribution in [3.63, 3.8) is 0 Å². The lowest BCUT2D eigenvalue weighted by molar-refractivity contribution is -0.133. The maximum absolute atomic E-state index is 12.8. The Hall–Kier alpha value is -0.830. The maximum atomic E-state index is 12.8. The molecular weight excluding hydrogens is 302 g/mol. The van der Waals surface area contributed by atoms with Crippen LogP contribution in [0.2, 0.25) is 0 Å². The molecule has 1 amide bonds. The Morgan fingerprint density at radius 1 is 1.26 bits per heavy atom. The number of rotatable bonds is 7. The molecule has 0 atom stereocenters. The zero-order valence-electron chi connectivity index (χ0n) is 11.6. The van der Waals surface area contributed by atoms with E-state index in [1.54, 1.807) is 0 Å². The molecule has 1 saturated carbocycles. The van der Waals surface area contributed by atoms with Crippen molar-refractivity contribution in [3.8, 4) is 0 Å². The van der Waals surface area contributed by atoms with Crippen LogP contribution in [0.15, 0.2) is 30.3 Å². The van der Waals surface area contributed by atoms with E-state index in [-0.39, 0.29) is 5.41 Å². The standard InChI is InChI=1S/C16H22BrNO/c1-2-3-12-18(13-11-17)15(19)16(9-10-16)14-7-5-4-6-8-14/h4-8H,2-3,9-13H2,1H3. The van der Waals surface area contributed by atoms with E-state index in [4.69, 9.17) is 0 Å². The zero-order chi connectivity index (χ0) is 13.7. The molecule has 1 aromatic carbocycles. The van der Waals surface area contributed by atoms with E-state index in [1.165, 1.54) is 5.56 Å². The molecule has 3 heteroatoms. The van der Waals surface area contributed by atoms with Gasteiger partial charge in [-0.1, -0.05) is 59.6 Å². The number of unbranched alkanes of at least 4 members (excludes halogenated alkanes) is 1. The van der Waals surface area contributed by atoms with Crippen molar-refractivity contribution < 1.29 is 4.79 Å². The van der Waals surface area contributed by atoms with Crippen molar-refractivity contribution >= 4 is 21.8 Å². The molecule has 104 valence electrons. The Labute approximate surface area is 124 Å². The molecule has 0 heterocycles. The van der Waals surface area contributed by atoms with Crippen LogP contribution >= 0.6 is 15.9 Å². The van der Waals surface area contributed by atoms with Crippen molar-refractivity contribution in [3.05, 3.63) is 35.9 Å². The number of carbonyl (C=O) groups excluding carboxylic acids is 1. The van der Waals surface area contributed by atoms with Crippen molar-refractivity contribution in [2.24, 2.45) is 0 Å². The summed E-state index contributed by atoms with van der Waals surface area (Å²) in [4.78, 5) is 14.9. The quantitative estimate of drug-likeness (QED) is 0.700. The molecule has 0 bridgehead atoms. The summed E-state index contributed by atoms with van der Waals surface area (Å²) < 4.78 is 0. The fourth-order valence-corrected chi connectivity index (χ4v) is 3.00. The van der Waals surface area contributed by atoms with Gasteiger partial charge in [0.2, 0.25) is 5.91 Å². The monoisotopic (exact) mass is 323 g/mol. The largest absolute Gasteiger partial charge is 0.341 e. The van der Waals surface area contributed by atoms with E-state index in [1.807, 2.05) is 23.1 Å². The lowest BCUT2D eigenvalue weighted by Crippen LogP contribution is -2.41. The Bertz CT molecular complexity index is 414. The summed E-state index contributed by atoms with van der Waals surface area (Å²) in [5.41, 5.74) is 0.980. The molecule has 2 rings (SSSR count). The van der Waals surface area contributed by atoms with Gasteiger partial charge in [0.05, 0.1) is 5.41 Å². The van der Waals surface area contributed by atoms with Gasteiger partial charge in [-0.25, -0.2) is 0 Å². The van der Waals surface area contributed by atoms with E-state index < -0.39 is 0 Å². The molecule has 1 aliphatic carbocycles. The number of amides is 1. The highest BCUT2D eigenvalue weighted by atomic mass is 79.9. The first kappa shape index (κ1) is 14.6. The van der Waals surface area contributed by atoms with Crippen LogP contribution in [0, 0.1) is 0 Å². The minimum absolute atomic E-state index is 0.211. The third-order valence-electron chi connectivity index (χ3n) is 3.91. The van der Waals surface area contributed by atoms with E-state index >= 15 is 0 Å². The Balaban J connectivity index is 2.12. The van der Waals surface area contributed by atoms with Crippen LogP contribution in [0.1, 0.15) is 38.2 Å². The first-order chi connectivity index (χ1) is 9.24. The number of benzene rings is 1. The Morgan fingerprint density at radius 3 is 2.47 bits per heavy atom. The molecule has 0 aromatic heterocycles. The second-order valence-electron chi connectivity index (χ2n) is 5.28. The number of carbonyl (C=O) groups is 1. The SMILES string of the molecule is CCCCN(CCBr)C(=O)C1(c2ccccc2)CC1. The molecule has 0 spiro atoms. The van der Waals surface area contributed by atoms with E-state index in [2.05, 4.69) is 35.0 Å². The average molecular weight is 324 g/mol. The minimum atomic E-state index is -0.211. The fraction of sp³-hybridized carbons (Fsp3) is 0.562. The second kappa shape index (κ2) is 6.56. The van der Waals surface area contributed by atoms with Crippen LogP contribution in [-0.4, -0.2) is 29.2 Å². The molecule has 19 heavy (non-hydrogen) atoms. The number of hydrogen-bond acceptors (Lipinski definition) is 1. The molecule has 0 radical (unpaired) electrons. The highest BCUT2D eigenvalue weighted by molar-refractivity contribution is 9.09. The summed E-state index contributed by atoms with van der Waals surface area (Å²) in [7, 11) is 0. The Kier molecular flexibility index (Phi) is 5.03. The average Bonchev–Trinajstić information content (AvgIpc) is 3.25. The van der Waals surface area contributed by atoms with Gasteiger partial charge in [0.25, 0.3) is 0 Å². The smallest absolute Gasteiger partial charge is 0.233 e. The van der Waals surface area contributed by atoms with Gasteiger partial charge >= 0.3 is 0 Å². The van der Waals surface area contributed by atoms with Gasteiger partial charge in [-0.05, 0) is 24.8 Å². The van der Waals surface area contributed by atoms with Crippen LogP contribution in [0.25, 0.3) is 0 Å². The highest BCUT2D eigenvalue weighted by Gasteiger charge is 2.52. The lowest BCUT2D eigenvalue weighted by atomic mass is 9.94. The van der Waals surface area contributed by atoms with Gasteiger partial charge in [-0.2, -0.15) is 0 Å². The number of halogens is 1. The first-order valence-corrected chi connectivity index (χ1v) is 8.27. The van der Waals surface area contributed by atoms with E-state index in [0.29, 0.717) is 5.91 Å². The summed E-state index contributed by atoms with van der Waals surface area (Å²) in [6, 6.07) is 10.3. The van der Waals surface area contributed by atoms with Crippen LogP contribution in [0.3, 0.4) is 0 Å². The van der Waals surface area contributed by atoms with E-state index in [0.717, 1.165) is 44.1 Å². The van der Waals surface area contributed by atoms with Gasteiger partial charge in [0.1, 0.15) is 0 Å². The van der Waals surface area contributed by atoms with Gasteiger partial charge < -0.3 is 4.90 Å². The predicted octanol–water partition coefficient (Wildman–Crippen LogP) is 3.74. The van der Waals surface area contributed by atoms with Gasteiger partial charge in [-0.3, -0.25) is 4.79 Å². The maximum Gasteiger partial charge on any atom is 0.233 e. The molecular formula is C16H22BrNO. The summed E-state index contributed by atoms with van der Waals surface area (Å²) in [5, 5.41) is 0.854. The summed E-state index contributed by atoms with van der Waals surface area (Å²) >= 11 is 3.46. The summed E-state index contributed by atoms with van der Waals surface area (Å²) in [6.45, 7) is 3.86. The third kappa shape index (κ3) is 3.19. The topological polar surface area (TPSA) is 20.3 Å². The van der Waals surface area contributed by atoms with Crippen LogP contribution in [0.5, 0.6) is 0 Å². The molecule has 0 saturated heterocycles. The van der Waals surface area contributed by atoms with E-state index in [9.17, 15) is 4.79 Å². The number of alkyl halides is 1. The fourth-order valence-electron chi connectivity index (χ4n) is 2.58. The van der Waals surface area contributed by atoms with Crippen molar-refractivity contribution in [1.29, 1.82) is 0 Å². The van der Waals surface area contributed by atoms with Crippen LogP contribution < -0.4 is 0 Å². The summed E-state index contributed by atoms with van der Waals surface area (Å²) in [5.74, 6) is 0.326. The van der Waals surface area contributed by atoms with Crippen molar-refractivity contribution in [2.75, 3.05) is 18.4 Å². The van der Waals surface area contributed by atoms with Crippen LogP contribution in [-0.2, 0) is 10.2 Å². The van der Waals surface area contributed by atoms with Gasteiger partial charge in [0, 0.05) is 18.4 Å². The highest BCUT2D eigenvalue weighted by Crippen LogP contribution is 2.49. The van der Waals surface area contributed by atoms with Gasteiger partial charge in [0.15, 0.2) is 0 Å². The lowest BCUT2D eigenvalue weighted by Gasteiger charge is -2.27.